The fourth-order valence-corrected chi connectivity index (χ4v) is 3.20. The maximum atomic E-state index is 12.1. The van der Waals surface area contributed by atoms with Crippen LogP contribution in [0.2, 0.25) is 0 Å². The van der Waals surface area contributed by atoms with E-state index in [1.807, 2.05) is 34.6 Å². The Morgan fingerprint density at radius 3 is 2.43 bits per heavy atom. The largest absolute Gasteiger partial charge is 0.444 e. The Kier molecular flexibility index (Phi) is 7.86. The van der Waals surface area contributed by atoms with Gasteiger partial charge in [-0.1, -0.05) is 5.16 Å². The van der Waals surface area contributed by atoms with E-state index >= 15 is 0 Å². The van der Waals surface area contributed by atoms with Crippen molar-refractivity contribution in [2.75, 3.05) is 39.3 Å². The molecule has 1 N–H and O–H groups in total. The lowest BCUT2D eigenvalue weighted by atomic mass is 10.1. The topological polar surface area (TPSA) is 87.9 Å². The highest BCUT2D eigenvalue weighted by molar-refractivity contribution is 5.76. The van der Waals surface area contributed by atoms with Gasteiger partial charge in [0.2, 0.25) is 5.91 Å². The molecule has 1 aromatic heterocycles. The average Bonchev–Trinajstić information content (AvgIpc) is 2.94. The number of nitrogens with zero attached hydrogens (tertiary/aromatic N) is 3. The predicted molar refractivity (Wildman–Crippen MR) is 106 cm³/mol. The van der Waals surface area contributed by atoms with Crippen LogP contribution in [0.4, 0.5) is 4.79 Å². The van der Waals surface area contributed by atoms with E-state index in [1.54, 1.807) is 4.90 Å². The molecular weight excluding hydrogens is 360 g/mol. The predicted octanol–water partition coefficient (Wildman–Crippen LogP) is 2.28. The van der Waals surface area contributed by atoms with Crippen molar-refractivity contribution in [2.24, 2.45) is 0 Å². The molecule has 0 atom stereocenters. The van der Waals surface area contributed by atoms with Gasteiger partial charge in [-0.05, 0) is 54.0 Å². The minimum absolute atomic E-state index is 0.0507. The van der Waals surface area contributed by atoms with Crippen LogP contribution in [0.1, 0.15) is 50.6 Å². The minimum atomic E-state index is -0.460. The summed E-state index contributed by atoms with van der Waals surface area (Å²) >= 11 is 0. The standard InChI is InChI=1S/C20H34N4O4/c1-15-17(16(2)28-22-15)7-8-18(25)21-9-6-10-23-11-13-24(14-12-23)19(26)27-20(3,4)5/h6-14H2,1-5H3,(H,21,25). The van der Waals surface area contributed by atoms with Crippen LogP contribution in [0.3, 0.4) is 0 Å². The second-order valence-corrected chi connectivity index (χ2v) is 8.32. The van der Waals surface area contributed by atoms with Gasteiger partial charge >= 0.3 is 6.09 Å². The highest BCUT2D eigenvalue weighted by atomic mass is 16.6. The summed E-state index contributed by atoms with van der Waals surface area (Å²) < 4.78 is 10.5. The van der Waals surface area contributed by atoms with Crippen molar-refractivity contribution in [3.63, 3.8) is 0 Å². The molecule has 2 amide bonds. The lowest BCUT2D eigenvalue weighted by Crippen LogP contribution is -2.50. The van der Waals surface area contributed by atoms with Crippen LogP contribution in [0.15, 0.2) is 4.52 Å². The van der Waals surface area contributed by atoms with Crippen LogP contribution >= 0.6 is 0 Å². The van der Waals surface area contributed by atoms with E-state index in [1.165, 1.54) is 0 Å². The van der Waals surface area contributed by atoms with Crippen LogP contribution in [0.25, 0.3) is 0 Å². The maximum Gasteiger partial charge on any atom is 0.410 e. The number of carbonyl (C=O) groups is 2. The normalized spacial score (nSPS) is 15.5. The fraction of sp³-hybridized carbons (Fsp3) is 0.750. The van der Waals surface area contributed by atoms with E-state index < -0.39 is 5.60 Å². The van der Waals surface area contributed by atoms with Crippen molar-refractivity contribution in [1.82, 2.24) is 20.3 Å². The van der Waals surface area contributed by atoms with Crippen LogP contribution < -0.4 is 5.32 Å². The van der Waals surface area contributed by atoms with Gasteiger partial charge < -0.3 is 19.5 Å². The molecule has 0 bridgehead atoms. The van der Waals surface area contributed by atoms with Crippen molar-refractivity contribution in [3.8, 4) is 0 Å². The summed E-state index contributed by atoms with van der Waals surface area (Å²) in [6.45, 7) is 14.0. The van der Waals surface area contributed by atoms with Gasteiger partial charge in [0.25, 0.3) is 0 Å². The van der Waals surface area contributed by atoms with Crippen molar-refractivity contribution in [1.29, 1.82) is 0 Å². The van der Waals surface area contributed by atoms with Crippen LogP contribution in [-0.4, -0.2) is 71.8 Å². The summed E-state index contributed by atoms with van der Waals surface area (Å²) in [5.74, 6) is 0.838. The number of hydrogen-bond acceptors (Lipinski definition) is 6. The Morgan fingerprint density at radius 2 is 1.86 bits per heavy atom. The molecule has 2 rings (SSSR count). The van der Waals surface area contributed by atoms with Crippen molar-refractivity contribution in [3.05, 3.63) is 17.0 Å². The van der Waals surface area contributed by atoms with Gasteiger partial charge in [0.15, 0.2) is 0 Å². The molecular formula is C20H34N4O4. The van der Waals surface area contributed by atoms with E-state index in [-0.39, 0.29) is 12.0 Å². The average molecular weight is 395 g/mol. The Bertz CT molecular complexity index is 638. The van der Waals surface area contributed by atoms with Crippen molar-refractivity contribution >= 4 is 12.0 Å². The minimum Gasteiger partial charge on any atom is -0.444 e. The van der Waals surface area contributed by atoms with E-state index in [2.05, 4.69) is 15.4 Å². The number of aryl methyl sites for hydroxylation is 2. The number of rotatable bonds is 7. The molecule has 1 aliphatic rings. The van der Waals surface area contributed by atoms with E-state index in [9.17, 15) is 9.59 Å². The first-order valence-electron chi connectivity index (χ1n) is 10.0. The number of nitrogens with one attached hydrogen (secondary N) is 1. The third-order valence-corrected chi connectivity index (χ3v) is 4.78. The lowest BCUT2D eigenvalue weighted by Gasteiger charge is -2.35. The molecule has 28 heavy (non-hydrogen) atoms. The third-order valence-electron chi connectivity index (χ3n) is 4.78. The second-order valence-electron chi connectivity index (χ2n) is 8.32. The van der Waals surface area contributed by atoms with Crippen molar-refractivity contribution < 1.29 is 18.8 Å². The zero-order chi connectivity index (χ0) is 20.7. The van der Waals surface area contributed by atoms with Gasteiger partial charge in [0.05, 0.1) is 5.69 Å². The van der Waals surface area contributed by atoms with Crippen LogP contribution in [-0.2, 0) is 16.0 Å². The molecule has 8 heteroatoms. The van der Waals surface area contributed by atoms with Gasteiger partial charge in [0, 0.05) is 44.7 Å². The number of piperazine rings is 1. The van der Waals surface area contributed by atoms with Crippen LogP contribution in [0, 0.1) is 13.8 Å². The molecule has 0 saturated carbocycles. The molecule has 0 radical (unpaired) electrons. The molecule has 1 fully saturated rings. The number of hydrogen-bond donors (Lipinski definition) is 1. The SMILES string of the molecule is Cc1noc(C)c1CCC(=O)NCCCN1CCN(C(=O)OC(C)(C)C)CC1. The summed E-state index contributed by atoms with van der Waals surface area (Å²) in [5.41, 5.74) is 1.42. The molecule has 0 spiro atoms. The molecule has 158 valence electrons. The Labute approximate surface area is 167 Å². The number of aromatic nitrogens is 1. The van der Waals surface area contributed by atoms with E-state index in [0.717, 1.165) is 43.1 Å². The van der Waals surface area contributed by atoms with Crippen LogP contribution in [0.5, 0.6) is 0 Å². The highest BCUT2D eigenvalue weighted by Crippen LogP contribution is 2.14. The van der Waals surface area contributed by atoms with Gasteiger partial charge in [-0.25, -0.2) is 4.79 Å². The zero-order valence-electron chi connectivity index (χ0n) is 17.8. The molecule has 1 saturated heterocycles. The zero-order valence-corrected chi connectivity index (χ0v) is 17.8. The molecule has 8 nitrogen and oxygen atoms in total. The van der Waals surface area contributed by atoms with E-state index in [0.29, 0.717) is 32.5 Å². The fourth-order valence-electron chi connectivity index (χ4n) is 3.20. The Morgan fingerprint density at radius 1 is 1.18 bits per heavy atom. The molecule has 0 aliphatic carbocycles. The van der Waals surface area contributed by atoms with Gasteiger partial charge in [0.1, 0.15) is 11.4 Å². The summed E-state index contributed by atoms with van der Waals surface area (Å²) in [6.07, 6.45) is 1.75. The molecule has 0 aromatic carbocycles. The Hall–Kier alpha value is -2.09. The first-order chi connectivity index (χ1) is 13.2. The van der Waals surface area contributed by atoms with Gasteiger partial charge in [-0.15, -0.1) is 0 Å². The quantitative estimate of drug-likeness (QED) is 0.714. The molecule has 1 aliphatic heterocycles. The first-order valence-corrected chi connectivity index (χ1v) is 10.0. The van der Waals surface area contributed by atoms with Gasteiger partial charge in [-0.2, -0.15) is 0 Å². The third kappa shape index (κ3) is 7.14. The Balaban J connectivity index is 1.57. The summed E-state index contributed by atoms with van der Waals surface area (Å²) in [5, 5.41) is 6.89. The first kappa shape index (κ1) is 22.2. The monoisotopic (exact) mass is 394 g/mol. The van der Waals surface area contributed by atoms with E-state index in [4.69, 9.17) is 9.26 Å². The molecule has 2 heterocycles. The van der Waals surface area contributed by atoms with Crippen molar-refractivity contribution in [2.45, 2.75) is 59.5 Å². The second kappa shape index (κ2) is 9.91. The summed E-state index contributed by atoms with van der Waals surface area (Å²) in [6, 6.07) is 0. The number of carbonyl (C=O) groups excluding carboxylic acids is 2. The smallest absolute Gasteiger partial charge is 0.410 e. The lowest BCUT2D eigenvalue weighted by molar-refractivity contribution is -0.121. The van der Waals surface area contributed by atoms with Gasteiger partial charge in [-0.3, -0.25) is 9.69 Å². The highest BCUT2D eigenvalue weighted by Gasteiger charge is 2.25. The summed E-state index contributed by atoms with van der Waals surface area (Å²) in [7, 11) is 0. The maximum absolute atomic E-state index is 12.1. The number of ether oxygens (including phenoxy) is 1. The summed E-state index contributed by atoms with van der Waals surface area (Å²) in [4.78, 5) is 28.2. The molecule has 0 unspecified atom stereocenters. The number of amides is 2. The molecule has 1 aromatic rings.